The van der Waals surface area contributed by atoms with Crippen LogP contribution in [0, 0.1) is 6.92 Å². The molecule has 0 spiro atoms. The summed E-state index contributed by atoms with van der Waals surface area (Å²) in [6, 6.07) is 12.2. The van der Waals surface area contributed by atoms with Gasteiger partial charge in [0.25, 0.3) is 0 Å². The third-order valence-electron chi connectivity index (χ3n) is 6.22. The predicted octanol–water partition coefficient (Wildman–Crippen LogP) is 4.10. The van der Waals surface area contributed by atoms with Crippen molar-refractivity contribution in [2.75, 3.05) is 13.1 Å². The molecule has 0 radical (unpaired) electrons. The Hall–Kier alpha value is -3.24. The summed E-state index contributed by atoms with van der Waals surface area (Å²) in [4.78, 5) is 17.0. The van der Waals surface area contributed by atoms with Crippen LogP contribution in [0.3, 0.4) is 0 Å². The highest BCUT2D eigenvalue weighted by atomic mass is 32.2. The molecule has 0 amide bonds. The van der Waals surface area contributed by atoms with Crippen molar-refractivity contribution in [2.24, 2.45) is 0 Å². The zero-order valence-electron chi connectivity index (χ0n) is 19.3. The lowest BCUT2D eigenvalue weighted by molar-refractivity contribution is 0.265. The van der Waals surface area contributed by atoms with Crippen molar-refractivity contribution < 1.29 is 17.4 Å². The molecule has 1 aliphatic rings. The van der Waals surface area contributed by atoms with Crippen LogP contribution in [0.5, 0.6) is 0 Å². The van der Waals surface area contributed by atoms with Gasteiger partial charge in [0.2, 0.25) is 21.7 Å². The summed E-state index contributed by atoms with van der Waals surface area (Å²) >= 11 is 0. The Bertz CT molecular complexity index is 1500. The molecule has 4 aromatic rings. The van der Waals surface area contributed by atoms with Gasteiger partial charge in [0.15, 0.2) is 5.58 Å². The van der Waals surface area contributed by atoms with Crippen LogP contribution in [0.2, 0.25) is 0 Å². The molecule has 3 heterocycles. The maximum atomic E-state index is 13.1. The standard InChI is InChI=1S/C24H26N4O5S/c1-15(2)28-20-11-8-17(13-21(20)32-24(28)29)22-25-23(33-26-22)18-5-4-12-27(14-18)34(30,31)19-9-6-16(3)7-10-19/h6-11,13,15,18H,4-5,12,14H2,1-3H3/t18-/m1/s1. The minimum Gasteiger partial charge on any atom is -0.408 e. The molecule has 1 saturated heterocycles. The average molecular weight is 483 g/mol. The number of hydrogen-bond donors (Lipinski definition) is 0. The fourth-order valence-electron chi connectivity index (χ4n) is 4.40. The van der Waals surface area contributed by atoms with Crippen molar-refractivity contribution >= 4 is 21.1 Å². The third-order valence-corrected chi connectivity index (χ3v) is 8.10. The summed E-state index contributed by atoms with van der Waals surface area (Å²) < 4.78 is 40.3. The second-order valence-electron chi connectivity index (χ2n) is 8.99. The van der Waals surface area contributed by atoms with E-state index in [1.807, 2.05) is 32.9 Å². The van der Waals surface area contributed by atoms with Crippen LogP contribution < -0.4 is 5.76 Å². The molecule has 10 heteroatoms. The molecule has 0 unspecified atom stereocenters. The molecular weight excluding hydrogens is 456 g/mol. The summed E-state index contributed by atoms with van der Waals surface area (Å²) in [7, 11) is -3.60. The monoisotopic (exact) mass is 482 g/mol. The normalized spacial score (nSPS) is 17.6. The van der Waals surface area contributed by atoms with E-state index in [0.29, 0.717) is 41.3 Å². The zero-order chi connectivity index (χ0) is 24.0. The molecule has 0 N–H and O–H groups in total. The highest BCUT2D eigenvalue weighted by Gasteiger charge is 2.33. The second-order valence-corrected chi connectivity index (χ2v) is 10.9. The van der Waals surface area contributed by atoms with Gasteiger partial charge >= 0.3 is 5.76 Å². The number of aryl methyl sites for hydroxylation is 1. The van der Waals surface area contributed by atoms with E-state index in [-0.39, 0.29) is 23.4 Å². The van der Waals surface area contributed by atoms with Crippen LogP contribution in [0.25, 0.3) is 22.5 Å². The molecule has 1 fully saturated rings. The smallest absolute Gasteiger partial charge is 0.408 e. The summed E-state index contributed by atoms with van der Waals surface area (Å²) in [5.74, 6) is 0.169. The summed E-state index contributed by atoms with van der Waals surface area (Å²) in [5.41, 5.74) is 2.83. The molecule has 1 atom stereocenters. The van der Waals surface area contributed by atoms with Gasteiger partial charge in [-0.15, -0.1) is 0 Å². The predicted molar refractivity (Wildman–Crippen MR) is 126 cm³/mol. The largest absolute Gasteiger partial charge is 0.420 e. The van der Waals surface area contributed by atoms with E-state index in [1.165, 1.54) is 4.31 Å². The van der Waals surface area contributed by atoms with Crippen LogP contribution in [-0.2, 0) is 10.0 Å². The summed E-state index contributed by atoms with van der Waals surface area (Å²) in [6.07, 6.45) is 1.46. The lowest BCUT2D eigenvalue weighted by atomic mass is 10.00. The summed E-state index contributed by atoms with van der Waals surface area (Å²) in [5, 5.41) is 4.11. The maximum Gasteiger partial charge on any atom is 0.420 e. The second kappa shape index (κ2) is 8.52. The fraction of sp³-hybridized carbons (Fsp3) is 0.375. The molecule has 9 nitrogen and oxygen atoms in total. The SMILES string of the molecule is Cc1ccc(S(=O)(=O)N2CCC[C@@H](c3nc(-c4ccc5c(c4)oc(=O)n5C(C)C)no3)C2)cc1. The van der Waals surface area contributed by atoms with Gasteiger partial charge in [-0.25, -0.2) is 13.2 Å². The van der Waals surface area contributed by atoms with Gasteiger partial charge in [0.1, 0.15) is 0 Å². The Morgan fingerprint density at radius 2 is 1.88 bits per heavy atom. The number of benzene rings is 2. The van der Waals surface area contributed by atoms with E-state index in [1.54, 1.807) is 34.9 Å². The topological polar surface area (TPSA) is 111 Å². The first-order valence-electron chi connectivity index (χ1n) is 11.3. The first-order chi connectivity index (χ1) is 16.2. The van der Waals surface area contributed by atoms with E-state index < -0.39 is 15.8 Å². The minimum absolute atomic E-state index is 0.0261. The molecule has 2 aromatic heterocycles. The van der Waals surface area contributed by atoms with E-state index in [0.717, 1.165) is 12.0 Å². The van der Waals surface area contributed by atoms with Crippen LogP contribution >= 0.6 is 0 Å². The van der Waals surface area contributed by atoms with E-state index in [4.69, 9.17) is 8.94 Å². The molecule has 0 bridgehead atoms. The lowest BCUT2D eigenvalue weighted by Gasteiger charge is -2.30. The van der Waals surface area contributed by atoms with Crippen molar-refractivity contribution in [3.63, 3.8) is 0 Å². The van der Waals surface area contributed by atoms with Gasteiger partial charge in [0, 0.05) is 24.7 Å². The molecule has 2 aromatic carbocycles. The van der Waals surface area contributed by atoms with Gasteiger partial charge in [-0.3, -0.25) is 4.57 Å². The highest BCUT2D eigenvalue weighted by Crippen LogP contribution is 2.31. The number of fused-ring (bicyclic) bond motifs is 1. The molecule has 5 rings (SSSR count). The Morgan fingerprint density at radius 1 is 1.12 bits per heavy atom. The first-order valence-corrected chi connectivity index (χ1v) is 12.7. The summed E-state index contributed by atoms with van der Waals surface area (Å²) in [6.45, 7) is 6.50. The molecule has 0 aliphatic carbocycles. The number of nitrogens with zero attached hydrogens (tertiary/aromatic N) is 4. The first kappa shape index (κ1) is 22.5. The quantitative estimate of drug-likeness (QED) is 0.421. The van der Waals surface area contributed by atoms with E-state index in [9.17, 15) is 13.2 Å². The molecule has 34 heavy (non-hydrogen) atoms. The molecule has 0 saturated carbocycles. The number of oxazole rings is 1. The van der Waals surface area contributed by atoms with Gasteiger partial charge in [-0.05, 0) is 63.9 Å². The number of piperidine rings is 1. The lowest BCUT2D eigenvalue weighted by Crippen LogP contribution is -2.39. The average Bonchev–Trinajstić information content (AvgIpc) is 3.43. The van der Waals surface area contributed by atoms with Gasteiger partial charge < -0.3 is 8.94 Å². The number of rotatable bonds is 5. The Morgan fingerprint density at radius 3 is 2.62 bits per heavy atom. The van der Waals surface area contributed by atoms with Gasteiger partial charge in [0.05, 0.1) is 16.3 Å². The van der Waals surface area contributed by atoms with Gasteiger partial charge in [-0.1, -0.05) is 22.9 Å². The highest BCUT2D eigenvalue weighted by molar-refractivity contribution is 7.89. The van der Waals surface area contributed by atoms with Crippen molar-refractivity contribution in [1.29, 1.82) is 0 Å². The fourth-order valence-corrected chi connectivity index (χ4v) is 5.93. The Labute approximate surface area is 197 Å². The zero-order valence-corrected chi connectivity index (χ0v) is 20.1. The molecular formula is C24H26N4O5S. The van der Waals surface area contributed by atoms with E-state index >= 15 is 0 Å². The Kier molecular flexibility index (Phi) is 5.65. The van der Waals surface area contributed by atoms with Gasteiger partial charge in [-0.2, -0.15) is 9.29 Å². The van der Waals surface area contributed by atoms with Crippen molar-refractivity contribution in [2.45, 2.75) is 50.5 Å². The molecule has 1 aliphatic heterocycles. The Balaban J connectivity index is 1.39. The minimum atomic E-state index is -3.60. The van der Waals surface area contributed by atoms with Crippen molar-refractivity contribution in [3.8, 4) is 11.4 Å². The number of aromatic nitrogens is 3. The number of hydrogen-bond acceptors (Lipinski definition) is 7. The van der Waals surface area contributed by atoms with Crippen LogP contribution in [0.15, 0.2) is 61.1 Å². The van der Waals surface area contributed by atoms with E-state index in [2.05, 4.69) is 10.1 Å². The van der Waals surface area contributed by atoms with Crippen LogP contribution in [0.1, 0.15) is 50.1 Å². The van der Waals surface area contributed by atoms with Crippen LogP contribution in [0.4, 0.5) is 0 Å². The number of sulfonamides is 1. The molecule has 178 valence electrons. The van der Waals surface area contributed by atoms with Crippen molar-refractivity contribution in [3.05, 3.63) is 64.5 Å². The maximum absolute atomic E-state index is 13.1. The van der Waals surface area contributed by atoms with Crippen LogP contribution in [-0.4, -0.2) is 40.5 Å². The van der Waals surface area contributed by atoms with Crippen molar-refractivity contribution in [1.82, 2.24) is 19.0 Å². The third kappa shape index (κ3) is 3.97.